The van der Waals surface area contributed by atoms with Crippen LogP contribution in [0.25, 0.3) is 0 Å². The standard InChI is InChI=1S/C19H23N3O5S/c1-14-8-10-16(11-9-14)28(24,25)22(2)13-18(23)21-20-12-15-6-5-7-17(26-3)19(15)27-4/h5-12H,13H2,1-4H3,(H,21,23)/b20-12-. The Labute approximate surface area is 164 Å². The van der Waals surface area contributed by atoms with Gasteiger partial charge in [-0.2, -0.15) is 9.41 Å². The summed E-state index contributed by atoms with van der Waals surface area (Å²) in [5, 5.41) is 3.86. The van der Waals surface area contributed by atoms with E-state index in [1.807, 2.05) is 6.92 Å². The number of benzene rings is 2. The minimum atomic E-state index is -3.76. The molecule has 0 aliphatic rings. The Bertz CT molecular complexity index is 956. The average Bonchev–Trinajstić information content (AvgIpc) is 2.67. The number of methoxy groups -OCH3 is 2. The molecule has 0 bridgehead atoms. The maximum Gasteiger partial charge on any atom is 0.255 e. The van der Waals surface area contributed by atoms with Crippen LogP contribution >= 0.6 is 0 Å². The van der Waals surface area contributed by atoms with Gasteiger partial charge in [-0.15, -0.1) is 0 Å². The monoisotopic (exact) mass is 405 g/mol. The number of hydrogen-bond acceptors (Lipinski definition) is 6. The molecule has 1 N–H and O–H groups in total. The van der Waals surface area contributed by atoms with Gasteiger partial charge in [0.05, 0.1) is 31.9 Å². The molecule has 2 aromatic carbocycles. The molecular weight excluding hydrogens is 382 g/mol. The van der Waals surface area contributed by atoms with E-state index in [1.165, 1.54) is 39.6 Å². The van der Waals surface area contributed by atoms with Crippen LogP contribution in [0.4, 0.5) is 0 Å². The lowest BCUT2D eigenvalue weighted by Gasteiger charge is -2.16. The second kappa shape index (κ2) is 9.34. The van der Waals surface area contributed by atoms with Gasteiger partial charge in [0.2, 0.25) is 10.0 Å². The van der Waals surface area contributed by atoms with E-state index in [1.54, 1.807) is 30.3 Å². The number of nitrogens with one attached hydrogen (secondary N) is 1. The maximum absolute atomic E-state index is 12.5. The summed E-state index contributed by atoms with van der Waals surface area (Å²) in [5.41, 5.74) is 3.86. The lowest BCUT2D eigenvalue weighted by atomic mass is 10.2. The van der Waals surface area contributed by atoms with Gasteiger partial charge in [-0.05, 0) is 31.2 Å². The highest BCUT2D eigenvalue weighted by molar-refractivity contribution is 7.89. The molecule has 0 aliphatic heterocycles. The minimum absolute atomic E-state index is 0.123. The summed E-state index contributed by atoms with van der Waals surface area (Å²) in [6.45, 7) is 1.49. The molecule has 0 saturated carbocycles. The van der Waals surface area contributed by atoms with Crippen molar-refractivity contribution in [2.45, 2.75) is 11.8 Å². The molecule has 0 radical (unpaired) electrons. The average molecular weight is 405 g/mol. The molecule has 0 spiro atoms. The van der Waals surface area contributed by atoms with E-state index in [0.717, 1.165) is 9.87 Å². The van der Waals surface area contributed by atoms with Gasteiger partial charge in [0.25, 0.3) is 5.91 Å². The van der Waals surface area contributed by atoms with Gasteiger partial charge >= 0.3 is 0 Å². The number of aryl methyl sites for hydroxylation is 1. The lowest BCUT2D eigenvalue weighted by Crippen LogP contribution is -2.36. The molecule has 0 atom stereocenters. The summed E-state index contributed by atoms with van der Waals surface area (Å²) in [5.74, 6) is 0.431. The van der Waals surface area contributed by atoms with Crippen LogP contribution in [0.3, 0.4) is 0 Å². The number of sulfonamides is 1. The van der Waals surface area contributed by atoms with E-state index in [9.17, 15) is 13.2 Å². The summed E-state index contributed by atoms with van der Waals surface area (Å²) in [6, 6.07) is 11.6. The third kappa shape index (κ3) is 5.08. The Hall–Kier alpha value is -2.91. The van der Waals surface area contributed by atoms with Crippen LogP contribution in [-0.2, 0) is 14.8 Å². The molecule has 150 valence electrons. The molecule has 0 unspecified atom stereocenters. The highest BCUT2D eigenvalue weighted by Crippen LogP contribution is 2.29. The van der Waals surface area contributed by atoms with E-state index in [2.05, 4.69) is 10.5 Å². The van der Waals surface area contributed by atoms with Crippen LogP contribution in [-0.4, -0.2) is 52.7 Å². The molecule has 0 aliphatic carbocycles. The van der Waals surface area contributed by atoms with E-state index < -0.39 is 15.9 Å². The topological polar surface area (TPSA) is 97.3 Å². The van der Waals surface area contributed by atoms with Crippen LogP contribution in [0.15, 0.2) is 52.5 Å². The highest BCUT2D eigenvalue weighted by atomic mass is 32.2. The quantitative estimate of drug-likeness (QED) is 0.533. The van der Waals surface area contributed by atoms with Crippen molar-refractivity contribution in [1.29, 1.82) is 0 Å². The van der Waals surface area contributed by atoms with E-state index in [-0.39, 0.29) is 11.4 Å². The molecule has 0 heterocycles. The zero-order valence-electron chi connectivity index (χ0n) is 16.2. The fourth-order valence-electron chi connectivity index (χ4n) is 2.40. The third-order valence-electron chi connectivity index (χ3n) is 3.92. The van der Waals surface area contributed by atoms with Crippen LogP contribution < -0.4 is 14.9 Å². The number of hydrazone groups is 1. The first-order chi connectivity index (χ1) is 13.3. The first-order valence-electron chi connectivity index (χ1n) is 8.35. The second-order valence-electron chi connectivity index (χ2n) is 5.95. The number of carbonyl (C=O) groups excluding carboxylic acids is 1. The Morgan fingerprint density at radius 3 is 2.43 bits per heavy atom. The van der Waals surface area contributed by atoms with Crippen LogP contribution in [0.2, 0.25) is 0 Å². The molecule has 0 aromatic heterocycles. The van der Waals surface area contributed by atoms with Crippen LogP contribution in [0.1, 0.15) is 11.1 Å². The highest BCUT2D eigenvalue weighted by Gasteiger charge is 2.22. The van der Waals surface area contributed by atoms with Crippen molar-refractivity contribution in [2.75, 3.05) is 27.8 Å². The summed E-state index contributed by atoms with van der Waals surface area (Å²) < 4.78 is 36.4. The molecule has 2 aromatic rings. The Balaban J connectivity index is 2.02. The summed E-state index contributed by atoms with van der Waals surface area (Å²) >= 11 is 0. The fourth-order valence-corrected chi connectivity index (χ4v) is 3.53. The third-order valence-corrected chi connectivity index (χ3v) is 5.74. The number of para-hydroxylation sites is 1. The van der Waals surface area contributed by atoms with Gasteiger partial charge in [-0.25, -0.2) is 13.8 Å². The first kappa shape index (κ1) is 21.4. The van der Waals surface area contributed by atoms with Gasteiger partial charge in [-0.3, -0.25) is 4.79 Å². The molecule has 0 saturated heterocycles. The van der Waals surface area contributed by atoms with E-state index >= 15 is 0 Å². The van der Waals surface area contributed by atoms with Crippen LogP contribution in [0.5, 0.6) is 11.5 Å². The number of hydrogen-bond donors (Lipinski definition) is 1. The summed E-state index contributed by atoms with van der Waals surface area (Å²) in [7, 11) is 0.591. The SMILES string of the molecule is COc1cccc(/C=N\NC(=O)CN(C)S(=O)(=O)c2ccc(C)cc2)c1OC. The number of carbonyl (C=O) groups is 1. The van der Waals surface area contributed by atoms with Crippen molar-refractivity contribution in [3.63, 3.8) is 0 Å². The Morgan fingerprint density at radius 1 is 1.14 bits per heavy atom. The van der Waals surface area contributed by atoms with Gasteiger partial charge in [0.1, 0.15) is 0 Å². The van der Waals surface area contributed by atoms with Crippen molar-refractivity contribution in [1.82, 2.24) is 9.73 Å². The number of ether oxygens (including phenoxy) is 2. The second-order valence-corrected chi connectivity index (χ2v) is 7.99. The first-order valence-corrected chi connectivity index (χ1v) is 9.79. The fraction of sp³-hybridized carbons (Fsp3) is 0.263. The minimum Gasteiger partial charge on any atom is -0.493 e. The molecule has 9 heteroatoms. The molecule has 0 fully saturated rings. The zero-order valence-corrected chi connectivity index (χ0v) is 17.0. The Morgan fingerprint density at radius 2 is 1.82 bits per heavy atom. The van der Waals surface area contributed by atoms with Gasteiger partial charge in [-0.1, -0.05) is 23.8 Å². The van der Waals surface area contributed by atoms with Crippen molar-refractivity contribution in [3.05, 3.63) is 53.6 Å². The van der Waals surface area contributed by atoms with Crippen LogP contribution in [0, 0.1) is 6.92 Å². The molecule has 8 nitrogen and oxygen atoms in total. The largest absolute Gasteiger partial charge is 0.493 e. The van der Waals surface area contributed by atoms with E-state index in [4.69, 9.17) is 9.47 Å². The van der Waals surface area contributed by atoms with Crippen molar-refractivity contribution >= 4 is 22.1 Å². The van der Waals surface area contributed by atoms with Gasteiger partial charge in [0.15, 0.2) is 11.5 Å². The number of rotatable bonds is 8. The van der Waals surface area contributed by atoms with E-state index in [0.29, 0.717) is 17.1 Å². The normalized spacial score (nSPS) is 11.6. The summed E-state index contributed by atoms with van der Waals surface area (Å²) in [6.07, 6.45) is 1.40. The predicted molar refractivity (Wildman–Crippen MR) is 106 cm³/mol. The predicted octanol–water partition coefficient (Wildman–Crippen LogP) is 1.78. The number of likely N-dealkylation sites (N-methyl/N-ethyl adjacent to an activating group) is 1. The van der Waals surface area contributed by atoms with Crippen molar-refractivity contribution in [3.8, 4) is 11.5 Å². The molecular formula is C19H23N3O5S. The number of nitrogens with zero attached hydrogens (tertiary/aromatic N) is 2. The smallest absolute Gasteiger partial charge is 0.255 e. The number of amides is 1. The molecule has 28 heavy (non-hydrogen) atoms. The van der Waals surface area contributed by atoms with Crippen molar-refractivity contribution in [2.24, 2.45) is 5.10 Å². The zero-order chi connectivity index (χ0) is 20.7. The summed E-state index contributed by atoms with van der Waals surface area (Å²) in [4.78, 5) is 12.2. The maximum atomic E-state index is 12.5. The molecule has 2 rings (SSSR count). The van der Waals surface area contributed by atoms with Gasteiger partial charge < -0.3 is 9.47 Å². The van der Waals surface area contributed by atoms with Gasteiger partial charge in [0, 0.05) is 12.6 Å². The Kier molecular flexibility index (Phi) is 7.13. The van der Waals surface area contributed by atoms with Crippen molar-refractivity contribution < 1.29 is 22.7 Å². The molecule has 1 amide bonds. The lowest BCUT2D eigenvalue weighted by molar-refractivity contribution is -0.121.